The Morgan fingerprint density at radius 2 is 1.84 bits per heavy atom. The van der Waals surface area contributed by atoms with Gasteiger partial charge in [-0.25, -0.2) is 9.78 Å². The molecule has 0 saturated heterocycles. The number of anilines is 1. The van der Waals surface area contributed by atoms with Gasteiger partial charge >= 0.3 is 5.69 Å². The predicted molar refractivity (Wildman–Crippen MR) is 104 cm³/mol. The second-order valence-corrected chi connectivity index (χ2v) is 6.82. The summed E-state index contributed by atoms with van der Waals surface area (Å²) in [6, 6.07) is 7.16. The molecular formula is C17H15IN4O3. The lowest BCUT2D eigenvalue weighted by Gasteiger charge is -2.14. The molecule has 0 aliphatic carbocycles. The molecule has 0 bridgehead atoms. The molecule has 8 heteroatoms. The van der Waals surface area contributed by atoms with Crippen molar-refractivity contribution < 1.29 is 4.79 Å². The minimum absolute atomic E-state index is 0.212. The van der Waals surface area contributed by atoms with Gasteiger partial charge in [-0.3, -0.25) is 18.7 Å². The number of carbonyl (C=O) groups excluding carboxylic acids is 1. The summed E-state index contributed by atoms with van der Waals surface area (Å²) >= 11 is 2.08. The van der Waals surface area contributed by atoms with Gasteiger partial charge in [-0.15, -0.1) is 0 Å². The molecule has 0 saturated carbocycles. The highest BCUT2D eigenvalue weighted by atomic mass is 127. The fourth-order valence-electron chi connectivity index (χ4n) is 2.61. The number of nitrogens with one attached hydrogen (secondary N) is 1. The fraction of sp³-hybridized carbons (Fsp3) is 0.176. The quantitative estimate of drug-likeness (QED) is 0.604. The first-order valence-corrected chi connectivity index (χ1v) is 8.52. The number of aromatic nitrogens is 3. The smallest absolute Gasteiger partial charge is 0.321 e. The number of aryl methyl sites for hydroxylation is 2. The number of hydrogen-bond donors (Lipinski definition) is 1. The van der Waals surface area contributed by atoms with Gasteiger partial charge in [-0.05, 0) is 47.2 Å². The molecule has 25 heavy (non-hydrogen) atoms. The minimum atomic E-state index is -0.493. The summed E-state index contributed by atoms with van der Waals surface area (Å²) in [6.07, 6.45) is 1.53. The molecule has 7 nitrogen and oxygen atoms in total. The van der Waals surface area contributed by atoms with E-state index in [2.05, 4.69) is 32.9 Å². The second-order valence-electron chi connectivity index (χ2n) is 5.65. The van der Waals surface area contributed by atoms with Crippen molar-refractivity contribution in [2.45, 2.75) is 6.92 Å². The molecule has 1 N–H and O–H groups in total. The first kappa shape index (κ1) is 17.3. The summed E-state index contributed by atoms with van der Waals surface area (Å²) in [5, 5.41) is 3.02. The highest BCUT2D eigenvalue weighted by Crippen LogP contribution is 2.23. The van der Waals surface area contributed by atoms with Crippen LogP contribution in [0.5, 0.6) is 0 Å². The van der Waals surface area contributed by atoms with Crippen molar-refractivity contribution in [1.82, 2.24) is 14.1 Å². The lowest BCUT2D eigenvalue weighted by molar-refractivity contribution is 0.102. The maximum absolute atomic E-state index is 12.7. The van der Waals surface area contributed by atoms with Gasteiger partial charge in [-0.1, -0.05) is 12.1 Å². The van der Waals surface area contributed by atoms with Crippen LogP contribution in [0.15, 0.2) is 40.1 Å². The third kappa shape index (κ3) is 2.86. The molecular weight excluding hydrogens is 435 g/mol. The van der Waals surface area contributed by atoms with Crippen LogP contribution in [0.25, 0.3) is 11.0 Å². The number of amides is 1. The summed E-state index contributed by atoms with van der Waals surface area (Å²) in [5.74, 6) is -0.323. The monoisotopic (exact) mass is 450 g/mol. The Bertz CT molecular complexity index is 1130. The number of nitrogens with zero attached hydrogens (tertiary/aromatic N) is 3. The first-order valence-electron chi connectivity index (χ1n) is 7.44. The van der Waals surface area contributed by atoms with Crippen LogP contribution in [-0.2, 0) is 14.1 Å². The average molecular weight is 450 g/mol. The zero-order valence-corrected chi connectivity index (χ0v) is 16.0. The summed E-state index contributed by atoms with van der Waals surface area (Å²) in [5.41, 5.74) is 0.787. The number of benzene rings is 1. The molecule has 0 atom stereocenters. The molecule has 0 aliphatic heterocycles. The van der Waals surface area contributed by atoms with Crippen LogP contribution in [-0.4, -0.2) is 20.0 Å². The summed E-state index contributed by atoms with van der Waals surface area (Å²) in [4.78, 5) is 41.6. The number of fused-ring (bicyclic) bond motifs is 1. The van der Waals surface area contributed by atoms with Gasteiger partial charge in [0, 0.05) is 23.9 Å². The number of halogens is 1. The van der Waals surface area contributed by atoms with Crippen molar-refractivity contribution in [3.63, 3.8) is 0 Å². The number of pyridine rings is 1. The Morgan fingerprint density at radius 3 is 2.52 bits per heavy atom. The van der Waals surface area contributed by atoms with Crippen LogP contribution in [0.2, 0.25) is 0 Å². The molecule has 3 aromatic rings. The van der Waals surface area contributed by atoms with E-state index in [0.29, 0.717) is 16.8 Å². The van der Waals surface area contributed by atoms with Crippen molar-refractivity contribution >= 4 is 45.2 Å². The van der Waals surface area contributed by atoms with E-state index in [9.17, 15) is 14.4 Å². The van der Waals surface area contributed by atoms with Crippen LogP contribution in [0, 0.1) is 10.5 Å². The van der Waals surface area contributed by atoms with E-state index in [1.54, 1.807) is 19.1 Å². The van der Waals surface area contributed by atoms with E-state index in [1.807, 2.05) is 12.1 Å². The average Bonchev–Trinajstić information content (AvgIpc) is 2.60. The maximum atomic E-state index is 12.7. The second kappa shape index (κ2) is 6.43. The van der Waals surface area contributed by atoms with E-state index in [1.165, 1.54) is 24.9 Å². The largest absolute Gasteiger partial charge is 0.332 e. The SMILES string of the molecule is Cc1cnc2c(c1NC(=O)c1ccccc1I)c(=O)n(C)c(=O)n2C. The molecule has 0 aliphatic rings. The fourth-order valence-corrected chi connectivity index (χ4v) is 3.24. The Morgan fingerprint density at radius 1 is 1.16 bits per heavy atom. The van der Waals surface area contributed by atoms with Crippen molar-refractivity contribution in [3.05, 3.63) is 66.0 Å². The van der Waals surface area contributed by atoms with Gasteiger partial charge in [0.1, 0.15) is 5.39 Å². The van der Waals surface area contributed by atoms with Crippen LogP contribution in [0.3, 0.4) is 0 Å². The standard InChI is InChI=1S/C17H15IN4O3/c1-9-8-19-14-12(16(24)22(3)17(25)21(14)2)13(9)20-15(23)10-6-4-5-7-11(10)18/h4-8H,1-3H3,(H,19,20,23). The van der Waals surface area contributed by atoms with Gasteiger partial charge < -0.3 is 5.32 Å². The van der Waals surface area contributed by atoms with E-state index >= 15 is 0 Å². The zero-order chi connectivity index (χ0) is 18.3. The van der Waals surface area contributed by atoms with Gasteiger partial charge in [0.2, 0.25) is 0 Å². The van der Waals surface area contributed by atoms with Crippen LogP contribution in [0.1, 0.15) is 15.9 Å². The van der Waals surface area contributed by atoms with E-state index < -0.39 is 11.2 Å². The molecule has 2 aromatic heterocycles. The third-order valence-corrected chi connectivity index (χ3v) is 4.96. The highest BCUT2D eigenvalue weighted by molar-refractivity contribution is 14.1. The van der Waals surface area contributed by atoms with E-state index in [4.69, 9.17) is 0 Å². The predicted octanol–water partition coefficient (Wildman–Crippen LogP) is 1.80. The summed E-state index contributed by atoms with van der Waals surface area (Å²) < 4.78 is 3.10. The van der Waals surface area contributed by atoms with Crippen molar-refractivity contribution in [3.8, 4) is 0 Å². The molecule has 0 spiro atoms. The first-order chi connectivity index (χ1) is 11.8. The van der Waals surface area contributed by atoms with Crippen molar-refractivity contribution in [2.24, 2.45) is 14.1 Å². The summed E-state index contributed by atoms with van der Waals surface area (Å²) in [7, 11) is 2.94. The molecule has 128 valence electrons. The Balaban J connectivity index is 2.25. The van der Waals surface area contributed by atoms with Crippen LogP contribution < -0.4 is 16.6 Å². The van der Waals surface area contributed by atoms with Crippen LogP contribution in [0.4, 0.5) is 5.69 Å². The molecule has 1 amide bonds. The molecule has 1 aromatic carbocycles. The third-order valence-electron chi connectivity index (χ3n) is 4.02. The van der Waals surface area contributed by atoms with Crippen molar-refractivity contribution in [2.75, 3.05) is 5.32 Å². The minimum Gasteiger partial charge on any atom is -0.321 e. The van der Waals surface area contributed by atoms with Gasteiger partial charge in [0.15, 0.2) is 5.65 Å². The molecule has 2 heterocycles. The Hall–Kier alpha value is -2.49. The number of rotatable bonds is 2. The van der Waals surface area contributed by atoms with Crippen LogP contribution >= 0.6 is 22.6 Å². The lowest BCUT2D eigenvalue weighted by atomic mass is 10.1. The maximum Gasteiger partial charge on any atom is 0.332 e. The lowest BCUT2D eigenvalue weighted by Crippen LogP contribution is -2.37. The van der Waals surface area contributed by atoms with Gasteiger partial charge in [0.25, 0.3) is 11.5 Å². The Kier molecular flexibility index (Phi) is 4.46. The molecule has 0 unspecified atom stereocenters. The van der Waals surface area contributed by atoms with E-state index in [-0.39, 0.29) is 16.9 Å². The highest BCUT2D eigenvalue weighted by Gasteiger charge is 2.18. The van der Waals surface area contributed by atoms with Gasteiger partial charge in [-0.2, -0.15) is 0 Å². The number of hydrogen-bond acceptors (Lipinski definition) is 4. The molecule has 3 rings (SSSR count). The Labute approximate surface area is 156 Å². The molecule has 0 radical (unpaired) electrons. The normalized spacial score (nSPS) is 10.9. The summed E-state index contributed by atoms with van der Waals surface area (Å²) in [6.45, 7) is 1.75. The topological polar surface area (TPSA) is 86.0 Å². The molecule has 0 fully saturated rings. The van der Waals surface area contributed by atoms with Gasteiger partial charge in [0.05, 0.1) is 11.3 Å². The van der Waals surface area contributed by atoms with Crippen molar-refractivity contribution in [1.29, 1.82) is 0 Å². The zero-order valence-electron chi connectivity index (χ0n) is 13.8. The van der Waals surface area contributed by atoms with E-state index in [0.717, 1.165) is 8.14 Å². The number of carbonyl (C=O) groups is 1.